The molecule has 0 bridgehead atoms. The molecule has 106 valence electrons. The molecular weight excluding hydrogens is 267 g/mol. The van der Waals surface area contributed by atoms with E-state index in [9.17, 15) is 9.18 Å². The first-order valence-corrected chi connectivity index (χ1v) is 6.39. The second-order valence-corrected chi connectivity index (χ2v) is 4.74. The fourth-order valence-electron chi connectivity index (χ4n) is 2.36. The maximum Gasteiger partial charge on any atom is 0.227 e. The topological polar surface area (TPSA) is 32.3 Å². The molecular formula is C14H20ClFN2O. The minimum absolute atomic E-state index is 0. The lowest BCUT2D eigenvalue weighted by Gasteiger charge is -2.32. The van der Waals surface area contributed by atoms with E-state index in [0.29, 0.717) is 11.6 Å². The van der Waals surface area contributed by atoms with Gasteiger partial charge in [0.2, 0.25) is 5.91 Å². The second-order valence-electron chi connectivity index (χ2n) is 4.74. The van der Waals surface area contributed by atoms with Gasteiger partial charge in [0, 0.05) is 19.1 Å². The van der Waals surface area contributed by atoms with E-state index in [0.717, 1.165) is 25.9 Å². The predicted octanol–water partition coefficient (Wildman–Crippen LogP) is 2.00. The van der Waals surface area contributed by atoms with Gasteiger partial charge in [-0.25, -0.2) is 4.39 Å². The molecule has 1 heterocycles. The van der Waals surface area contributed by atoms with Crippen molar-refractivity contribution < 1.29 is 9.18 Å². The maximum atomic E-state index is 13.5. The third-order valence-corrected chi connectivity index (χ3v) is 3.48. The molecule has 1 fully saturated rings. The normalized spacial score (nSPS) is 18.8. The van der Waals surface area contributed by atoms with Crippen molar-refractivity contribution in [3.63, 3.8) is 0 Å². The summed E-state index contributed by atoms with van der Waals surface area (Å²) in [6.45, 7) is 1.51. The SMILES string of the molecule is CNC1CCCN(C(=O)Cc2ccccc2F)C1.Cl. The number of benzene rings is 1. The number of rotatable bonds is 3. The van der Waals surface area contributed by atoms with Crippen molar-refractivity contribution in [2.45, 2.75) is 25.3 Å². The molecule has 1 aliphatic heterocycles. The zero-order valence-electron chi connectivity index (χ0n) is 11.1. The van der Waals surface area contributed by atoms with Crippen LogP contribution < -0.4 is 5.32 Å². The zero-order valence-corrected chi connectivity index (χ0v) is 11.9. The van der Waals surface area contributed by atoms with Gasteiger partial charge in [-0.15, -0.1) is 12.4 Å². The third-order valence-electron chi connectivity index (χ3n) is 3.48. The van der Waals surface area contributed by atoms with Gasteiger partial charge in [0.25, 0.3) is 0 Å². The summed E-state index contributed by atoms with van der Waals surface area (Å²) in [7, 11) is 1.91. The van der Waals surface area contributed by atoms with E-state index in [-0.39, 0.29) is 30.6 Å². The van der Waals surface area contributed by atoms with Crippen molar-refractivity contribution in [1.82, 2.24) is 10.2 Å². The van der Waals surface area contributed by atoms with Crippen molar-refractivity contribution in [1.29, 1.82) is 0 Å². The Morgan fingerprint density at radius 3 is 2.89 bits per heavy atom. The highest BCUT2D eigenvalue weighted by Gasteiger charge is 2.22. The number of halogens is 2. The molecule has 0 aliphatic carbocycles. The molecule has 1 amide bonds. The molecule has 2 rings (SSSR count). The predicted molar refractivity (Wildman–Crippen MR) is 76.0 cm³/mol. The van der Waals surface area contributed by atoms with Crippen LogP contribution in [-0.4, -0.2) is 37.0 Å². The summed E-state index contributed by atoms with van der Waals surface area (Å²) < 4.78 is 13.5. The highest BCUT2D eigenvalue weighted by Crippen LogP contribution is 2.13. The number of nitrogens with one attached hydrogen (secondary N) is 1. The average molecular weight is 287 g/mol. The lowest BCUT2D eigenvalue weighted by atomic mass is 10.0. The van der Waals surface area contributed by atoms with Gasteiger partial charge in [-0.3, -0.25) is 4.79 Å². The van der Waals surface area contributed by atoms with Gasteiger partial charge in [-0.1, -0.05) is 18.2 Å². The average Bonchev–Trinajstić information content (AvgIpc) is 2.41. The minimum Gasteiger partial charge on any atom is -0.341 e. The third kappa shape index (κ3) is 4.18. The molecule has 1 unspecified atom stereocenters. The van der Waals surface area contributed by atoms with Gasteiger partial charge in [0.1, 0.15) is 5.82 Å². The number of amides is 1. The van der Waals surface area contributed by atoms with E-state index in [1.54, 1.807) is 18.2 Å². The Bertz CT molecular complexity index is 428. The number of piperidine rings is 1. The smallest absolute Gasteiger partial charge is 0.227 e. The Balaban J connectivity index is 0.00000180. The fourth-order valence-corrected chi connectivity index (χ4v) is 2.36. The van der Waals surface area contributed by atoms with Crippen molar-refractivity contribution >= 4 is 18.3 Å². The van der Waals surface area contributed by atoms with Crippen LogP contribution in [0.1, 0.15) is 18.4 Å². The molecule has 0 spiro atoms. The molecule has 19 heavy (non-hydrogen) atoms. The number of likely N-dealkylation sites (N-methyl/N-ethyl adjacent to an activating group) is 1. The van der Waals surface area contributed by atoms with Gasteiger partial charge in [0.15, 0.2) is 0 Å². The number of nitrogens with zero attached hydrogens (tertiary/aromatic N) is 1. The van der Waals surface area contributed by atoms with E-state index < -0.39 is 0 Å². The molecule has 3 nitrogen and oxygen atoms in total. The monoisotopic (exact) mass is 286 g/mol. The van der Waals surface area contributed by atoms with Crippen LogP contribution in [0.4, 0.5) is 4.39 Å². The van der Waals surface area contributed by atoms with Crippen LogP contribution >= 0.6 is 12.4 Å². The Morgan fingerprint density at radius 2 is 2.21 bits per heavy atom. The van der Waals surface area contributed by atoms with Gasteiger partial charge in [-0.05, 0) is 31.5 Å². The van der Waals surface area contributed by atoms with E-state index in [2.05, 4.69) is 5.32 Å². The number of carbonyl (C=O) groups is 1. The summed E-state index contributed by atoms with van der Waals surface area (Å²) >= 11 is 0. The highest BCUT2D eigenvalue weighted by atomic mass is 35.5. The van der Waals surface area contributed by atoms with Crippen molar-refractivity contribution in [2.75, 3.05) is 20.1 Å². The first-order chi connectivity index (χ1) is 8.70. The standard InChI is InChI=1S/C14H19FN2O.ClH/c1-16-12-6-4-8-17(10-12)14(18)9-11-5-2-3-7-13(11)15;/h2-3,5,7,12,16H,4,6,8-10H2,1H3;1H. The quantitative estimate of drug-likeness (QED) is 0.922. The number of carbonyl (C=O) groups excluding carboxylic acids is 1. The molecule has 1 saturated heterocycles. The number of hydrogen-bond acceptors (Lipinski definition) is 2. The Morgan fingerprint density at radius 1 is 1.47 bits per heavy atom. The van der Waals surface area contributed by atoms with Gasteiger partial charge >= 0.3 is 0 Å². The molecule has 0 saturated carbocycles. The van der Waals surface area contributed by atoms with Crippen LogP contribution in [0.2, 0.25) is 0 Å². The first-order valence-electron chi connectivity index (χ1n) is 6.39. The lowest BCUT2D eigenvalue weighted by Crippen LogP contribution is -2.47. The fraction of sp³-hybridized carbons (Fsp3) is 0.500. The molecule has 1 aromatic carbocycles. The largest absolute Gasteiger partial charge is 0.341 e. The van der Waals surface area contributed by atoms with Crippen LogP contribution in [0, 0.1) is 5.82 Å². The maximum absolute atomic E-state index is 13.5. The summed E-state index contributed by atoms with van der Waals surface area (Å²) in [5.74, 6) is -0.284. The van der Waals surface area contributed by atoms with Crippen LogP contribution in [-0.2, 0) is 11.2 Å². The molecule has 1 aromatic rings. The highest BCUT2D eigenvalue weighted by molar-refractivity contribution is 5.85. The van der Waals surface area contributed by atoms with E-state index in [4.69, 9.17) is 0 Å². The number of likely N-dealkylation sites (tertiary alicyclic amines) is 1. The first kappa shape index (κ1) is 15.9. The Kier molecular flexibility index (Phi) is 6.25. The molecule has 1 atom stereocenters. The molecule has 5 heteroatoms. The number of hydrogen-bond donors (Lipinski definition) is 1. The summed E-state index contributed by atoms with van der Waals surface area (Å²) in [4.78, 5) is 13.9. The molecule has 1 N–H and O–H groups in total. The second kappa shape index (κ2) is 7.46. The van der Waals surface area contributed by atoms with E-state index >= 15 is 0 Å². The summed E-state index contributed by atoms with van der Waals surface area (Å²) in [5.41, 5.74) is 0.481. The van der Waals surface area contributed by atoms with Crippen LogP contribution in [0.25, 0.3) is 0 Å². The minimum atomic E-state index is -0.298. The van der Waals surface area contributed by atoms with Crippen molar-refractivity contribution in [3.8, 4) is 0 Å². The summed E-state index contributed by atoms with van der Waals surface area (Å²) in [5, 5.41) is 3.20. The Hall–Kier alpha value is -1.13. The Labute approximate surface area is 119 Å². The van der Waals surface area contributed by atoms with Crippen molar-refractivity contribution in [2.24, 2.45) is 0 Å². The molecule has 0 aromatic heterocycles. The van der Waals surface area contributed by atoms with Crippen LogP contribution in [0.3, 0.4) is 0 Å². The van der Waals surface area contributed by atoms with Gasteiger partial charge < -0.3 is 10.2 Å². The van der Waals surface area contributed by atoms with Gasteiger partial charge in [-0.2, -0.15) is 0 Å². The molecule has 1 aliphatic rings. The van der Waals surface area contributed by atoms with Gasteiger partial charge in [0.05, 0.1) is 6.42 Å². The van der Waals surface area contributed by atoms with Crippen LogP contribution in [0.15, 0.2) is 24.3 Å². The zero-order chi connectivity index (χ0) is 13.0. The molecule has 0 radical (unpaired) electrons. The van der Waals surface area contributed by atoms with E-state index in [1.165, 1.54) is 6.07 Å². The van der Waals surface area contributed by atoms with E-state index in [1.807, 2.05) is 11.9 Å². The van der Waals surface area contributed by atoms with Crippen LogP contribution in [0.5, 0.6) is 0 Å². The summed E-state index contributed by atoms with van der Waals surface area (Å²) in [6.07, 6.45) is 2.26. The lowest BCUT2D eigenvalue weighted by molar-refractivity contribution is -0.131. The summed E-state index contributed by atoms with van der Waals surface area (Å²) in [6, 6.07) is 6.84. The van der Waals surface area contributed by atoms with Crippen molar-refractivity contribution in [3.05, 3.63) is 35.6 Å².